The van der Waals surface area contributed by atoms with Gasteiger partial charge < -0.3 is 19.4 Å². The van der Waals surface area contributed by atoms with E-state index in [1.807, 2.05) is 18.2 Å². The number of hydrogen-bond acceptors (Lipinski definition) is 5. The molecule has 0 amide bonds. The van der Waals surface area contributed by atoms with Gasteiger partial charge in [0.05, 0.1) is 0 Å². The molecule has 1 aromatic carbocycles. The highest BCUT2D eigenvalue weighted by Gasteiger charge is 2.16. The standard InChI is InChI=1S/C15H17N3O4/c1-17-8-11(14(19)18(2)15(17)20)7-16-6-10-4-3-5-12-13(10)22-9-21-12/h3-5,8,16H,6-7,9H2,1-2H3. The minimum absolute atomic E-state index is 0.230. The van der Waals surface area contributed by atoms with E-state index in [9.17, 15) is 9.59 Å². The summed E-state index contributed by atoms with van der Waals surface area (Å²) >= 11 is 0. The molecule has 0 saturated heterocycles. The highest BCUT2D eigenvalue weighted by molar-refractivity contribution is 5.48. The van der Waals surface area contributed by atoms with Crippen LogP contribution in [0, 0.1) is 0 Å². The van der Waals surface area contributed by atoms with Gasteiger partial charge in [-0.15, -0.1) is 0 Å². The van der Waals surface area contributed by atoms with Crippen LogP contribution in [0.3, 0.4) is 0 Å². The van der Waals surface area contributed by atoms with Crippen LogP contribution in [0.1, 0.15) is 11.1 Å². The Kier molecular flexibility index (Phi) is 3.72. The molecule has 0 atom stereocenters. The van der Waals surface area contributed by atoms with Gasteiger partial charge in [0.2, 0.25) is 6.79 Å². The Balaban J connectivity index is 1.74. The number of nitrogens with zero attached hydrogens (tertiary/aromatic N) is 2. The molecular weight excluding hydrogens is 286 g/mol. The predicted molar refractivity (Wildman–Crippen MR) is 80.0 cm³/mol. The van der Waals surface area contributed by atoms with Crippen molar-refractivity contribution in [2.45, 2.75) is 13.1 Å². The molecule has 0 spiro atoms. The highest BCUT2D eigenvalue weighted by atomic mass is 16.7. The molecule has 116 valence electrons. The number of ether oxygens (including phenoxy) is 2. The highest BCUT2D eigenvalue weighted by Crippen LogP contribution is 2.35. The van der Waals surface area contributed by atoms with Crippen LogP contribution in [0.4, 0.5) is 0 Å². The number of nitrogens with one attached hydrogen (secondary N) is 1. The van der Waals surface area contributed by atoms with Crippen molar-refractivity contribution in [3.05, 3.63) is 56.4 Å². The van der Waals surface area contributed by atoms with Crippen LogP contribution >= 0.6 is 0 Å². The zero-order valence-electron chi connectivity index (χ0n) is 12.5. The van der Waals surface area contributed by atoms with Crippen LogP contribution in [0.2, 0.25) is 0 Å². The van der Waals surface area contributed by atoms with Gasteiger partial charge in [-0.3, -0.25) is 9.36 Å². The maximum atomic E-state index is 12.0. The monoisotopic (exact) mass is 303 g/mol. The van der Waals surface area contributed by atoms with Crippen molar-refractivity contribution < 1.29 is 9.47 Å². The first-order chi connectivity index (χ1) is 10.6. The van der Waals surface area contributed by atoms with Crippen molar-refractivity contribution in [2.75, 3.05) is 6.79 Å². The second-order valence-electron chi connectivity index (χ2n) is 5.17. The topological polar surface area (TPSA) is 74.5 Å². The third-order valence-corrected chi connectivity index (χ3v) is 3.63. The van der Waals surface area contributed by atoms with E-state index >= 15 is 0 Å². The molecule has 1 N–H and O–H groups in total. The van der Waals surface area contributed by atoms with Crippen LogP contribution < -0.4 is 26.0 Å². The van der Waals surface area contributed by atoms with Crippen molar-refractivity contribution in [3.8, 4) is 11.5 Å². The van der Waals surface area contributed by atoms with Gasteiger partial charge in [0, 0.05) is 44.5 Å². The lowest BCUT2D eigenvalue weighted by atomic mass is 10.2. The van der Waals surface area contributed by atoms with Gasteiger partial charge in [-0.05, 0) is 6.07 Å². The molecule has 0 aliphatic carbocycles. The van der Waals surface area contributed by atoms with Crippen LogP contribution in [0.15, 0.2) is 34.0 Å². The minimum Gasteiger partial charge on any atom is -0.454 e. The Labute approximate surface area is 126 Å². The Hall–Kier alpha value is -2.54. The number of benzene rings is 1. The van der Waals surface area contributed by atoms with Gasteiger partial charge >= 0.3 is 5.69 Å². The summed E-state index contributed by atoms with van der Waals surface area (Å²) in [7, 11) is 3.10. The molecule has 1 aliphatic heterocycles. The molecule has 0 bridgehead atoms. The Morgan fingerprint density at radius 2 is 1.91 bits per heavy atom. The van der Waals surface area contributed by atoms with E-state index in [-0.39, 0.29) is 18.0 Å². The maximum absolute atomic E-state index is 12.0. The Morgan fingerprint density at radius 1 is 1.14 bits per heavy atom. The lowest BCUT2D eigenvalue weighted by Gasteiger charge is -2.09. The van der Waals surface area contributed by atoms with Gasteiger partial charge in [0.15, 0.2) is 11.5 Å². The lowest BCUT2D eigenvalue weighted by molar-refractivity contribution is 0.173. The fourth-order valence-electron chi connectivity index (χ4n) is 2.47. The minimum atomic E-state index is -0.333. The molecular formula is C15H17N3O4. The van der Waals surface area contributed by atoms with Gasteiger partial charge in [0.25, 0.3) is 5.56 Å². The summed E-state index contributed by atoms with van der Waals surface area (Å²) in [4.78, 5) is 23.7. The molecule has 0 saturated carbocycles. The van der Waals surface area contributed by atoms with Gasteiger partial charge in [-0.1, -0.05) is 12.1 Å². The fraction of sp³-hybridized carbons (Fsp3) is 0.333. The molecule has 2 aromatic rings. The van der Waals surface area contributed by atoms with Gasteiger partial charge in [-0.25, -0.2) is 4.79 Å². The number of aromatic nitrogens is 2. The first kappa shape index (κ1) is 14.4. The number of aryl methyl sites for hydroxylation is 1. The maximum Gasteiger partial charge on any atom is 0.330 e. The summed E-state index contributed by atoms with van der Waals surface area (Å²) in [6, 6.07) is 5.70. The van der Waals surface area contributed by atoms with Gasteiger partial charge in [-0.2, -0.15) is 0 Å². The first-order valence-corrected chi connectivity index (χ1v) is 6.91. The largest absolute Gasteiger partial charge is 0.454 e. The second-order valence-corrected chi connectivity index (χ2v) is 5.17. The fourth-order valence-corrected chi connectivity index (χ4v) is 2.47. The molecule has 0 radical (unpaired) electrons. The van der Waals surface area contributed by atoms with Crippen molar-refractivity contribution >= 4 is 0 Å². The van der Waals surface area contributed by atoms with Crippen molar-refractivity contribution in [1.29, 1.82) is 0 Å². The molecule has 1 aliphatic rings. The molecule has 2 heterocycles. The number of para-hydroxylation sites is 1. The Bertz CT molecular complexity index is 823. The molecule has 7 nitrogen and oxygen atoms in total. The van der Waals surface area contributed by atoms with E-state index in [2.05, 4.69) is 5.32 Å². The Morgan fingerprint density at radius 3 is 2.73 bits per heavy atom. The zero-order chi connectivity index (χ0) is 15.7. The number of hydrogen-bond donors (Lipinski definition) is 1. The first-order valence-electron chi connectivity index (χ1n) is 6.91. The van der Waals surface area contributed by atoms with Gasteiger partial charge in [0.1, 0.15) is 0 Å². The van der Waals surface area contributed by atoms with E-state index in [4.69, 9.17) is 9.47 Å². The summed E-state index contributed by atoms with van der Waals surface area (Å²) in [6.07, 6.45) is 1.56. The summed E-state index contributed by atoms with van der Waals surface area (Å²) < 4.78 is 13.3. The van der Waals surface area contributed by atoms with Crippen LogP contribution in [-0.4, -0.2) is 15.9 Å². The third kappa shape index (κ3) is 2.50. The molecule has 7 heteroatoms. The number of rotatable bonds is 4. The SMILES string of the molecule is Cn1cc(CNCc2cccc3c2OCO3)c(=O)n(C)c1=O. The molecule has 0 fully saturated rings. The molecule has 0 unspecified atom stereocenters. The molecule has 22 heavy (non-hydrogen) atoms. The van der Waals surface area contributed by atoms with Crippen molar-refractivity contribution in [2.24, 2.45) is 14.1 Å². The van der Waals surface area contributed by atoms with E-state index in [1.165, 1.54) is 11.6 Å². The van der Waals surface area contributed by atoms with Crippen molar-refractivity contribution in [1.82, 2.24) is 14.5 Å². The third-order valence-electron chi connectivity index (χ3n) is 3.63. The normalized spacial score (nSPS) is 12.6. The smallest absolute Gasteiger partial charge is 0.330 e. The zero-order valence-corrected chi connectivity index (χ0v) is 12.5. The van der Waals surface area contributed by atoms with E-state index in [0.717, 1.165) is 21.6 Å². The lowest BCUT2D eigenvalue weighted by Crippen LogP contribution is -2.39. The van der Waals surface area contributed by atoms with Crippen LogP contribution in [-0.2, 0) is 27.2 Å². The second kappa shape index (κ2) is 5.69. The quantitative estimate of drug-likeness (QED) is 0.867. The number of fused-ring (bicyclic) bond motifs is 1. The average Bonchev–Trinajstić information content (AvgIpc) is 2.99. The predicted octanol–water partition coefficient (Wildman–Crippen LogP) is 0.103. The van der Waals surface area contributed by atoms with Crippen molar-refractivity contribution in [3.63, 3.8) is 0 Å². The van der Waals surface area contributed by atoms with E-state index in [0.29, 0.717) is 18.7 Å². The summed E-state index contributed by atoms with van der Waals surface area (Å²) in [5, 5.41) is 3.20. The van der Waals surface area contributed by atoms with E-state index < -0.39 is 0 Å². The molecule has 1 aromatic heterocycles. The summed E-state index contributed by atoms with van der Waals surface area (Å²) in [5.74, 6) is 1.47. The summed E-state index contributed by atoms with van der Waals surface area (Å²) in [6.45, 7) is 1.14. The summed E-state index contributed by atoms with van der Waals surface area (Å²) in [5.41, 5.74) is 0.889. The molecule has 3 rings (SSSR count). The van der Waals surface area contributed by atoms with E-state index in [1.54, 1.807) is 13.2 Å². The van der Waals surface area contributed by atoms with Crippen LogP contribution in [0.5, 0.6) is 11.5 Å². The average molecular weight is 303 g/mol. The van der Waals surface area contributed by atoms with Crippen LogP contribution in [0.25, 0.3) is 0 Å².